The second-order valence-corrected chi connectivity index (χ2v) is 7.09. The van der Waals surface area contributed by atoms with Crippen molar-refractivity contribution in [3.05, 3.63) is 40.7 Å². The van der Waals surface area contributed by atoms with E-state index in [0.29, 0.717) is 19.6 Å². The fraction of sp³-hybridized carbons (Fsp3) is 0.500. The number of nitrogens with zero attached hydrogens (tertiary/aromatic N) is 2. The number of hydrogen-bond donors (Lipinski definition) is 1. The molecule has 0 radical (unpaired) electrons. The third kappa shape index (κ3) is 3.16. The first kappa shape index (κ1) is 16.9. The summed E-state index contributed by atoms with van der Waals surface area (Å²) in [5, 5.41) is 7.17. The first-order valence-corrected chi connectivity index (χ1v) is 9.33. The van der Waals surface area contributed by atoms with E-state index >= 15 is 0 Å². The fourth-order valence-electron chi connectivity index (χ4n) is 3.89. The van der Waals surface area contributed by atoms with Crippen LogP contribution < -0.4 is 9.47 Å². The van der Waals surface area contributed by atoms with E-state index < -0.39 is 0 Å². The van der Waals surface area contributed by atoms with Crippen LogP contribution in [-0.4, -0.2) is 40.8 Å². The Balaban J connectivity index is 1.55. The van der Waals surface area contributed by atoms with Gasteiger partial charge < -0.3 is 14.4 Å². The zero-order chi connectivity index (χ0) is 18.1. The molecule has 0 bridgehead atoms. The third-order valence-electron chi connectivity index (χ3n) is 5.34. The molecule has 2 aliphatic rings. The van der Waals surface area contributed by atoms with Gasteiger partial charge in [-0.3, -0.25) is 9.89 Å². The molecule has 1 atom stereocenters. The molecule has 2 aromatic rings. The molecule has 0 saturated carbocycles. The Labute approximate surface area is 153 Å². The standard InChI is InChI=1S/C20H25N3O3/c1-13-16(14(2)22-21-13)12-20(24)23-8-3-5-17(23)15-6-7-18-19(11-15)26-10-4-9-25-18/h6-7,11,17H,3-5,8-10,12H2,1-2H3,(H,21,22)/t17-/m0/s1. The lowest BCUT2D eigenvalue weighted by atomic mass is 10.0. The third-order valence-corrected chi connectivity index (χ3v) is 5.34. The normalized spacial score (nSPS) is 19.5. The lowest BCUT2D eigenvalue weighted by Gasteiger charge is -2.26. The SMILES string of the molecule is Cc1n[nH]c(C)c1CC(=O)N1CCC[C@H]1c1ccc2c(c1)OCCCO2. The van der Waals surface area contributed by atoms with Crippen molar-refractivity contribution in [3.8, 4) is 11.5 Å². The molecule has 138 valence electrons. The number of likely N-dealkylation sites (tertiary alicyclic amines) is 1. The van der Waals surface area contributed by atoms with Crippen molar-refractivity contribution in [2.24, 2.45) is 0 Å². The number of nitrogens with one attached hydrogen (secondary N) is 1. The molecule has 3 heterocycles. The van der Waals surface area contributed by atoms with Gasteiger partial charge in [-0.2, -0.15) is 5.10 Å². The number of carbonyl (C=O) groups excluding carboxylic acids is 1. The second kappa shape index (κ2) is 7.02. The van der Waals surface area contributed by atoms with E-state index in [0.717, 1.165) is 59.8 Å². The quantitative estimate of drug-likeness (QED) is 0.919. The highest BCUT2D eigenvalue weighted by Crippen LogP contribution is 2.38. The van der Waals surface area contributed by atoms with Crippen LogP contribution in [0, 0.1) is 13.8 Å². The van der Waals surface area contributed by atoms with Gasteiger partial charge in [-0.1, -0.05) is 6.07 Å². The summed E-state index contributed by atoms with van der Waals surface area (Å²) in [5.74, 6) is 1.75. The maximum absolute atomic E-state index is 13.0. The predicted molar refractivity (Wildman–Crippen MR) is 97.5 cm³/mol. The van der Waals surface area contributed by atoms with E-state index in [-0.39, 0.29) is 11.9 Å². The van der Waals surface area contributed by atoms with E-state index in [1.807, 2.05) is 30.9 Å². The van der Waals surface area contributed by atoms with Crippen LogP contribution >= 0.6 is 0 Å². The molecule has 26 heavy (non-hydrogen) atoms. The number of amides is 1. The minimum Gasteiger partial charge on any atom is -0.490 e. The summed E-state index contributed by atoms with van der Waals surface area (Å²) in [7, 11) is 0. The van der Waals surface area contributed by atoms with Gasteiger partial charge in [0.25, 0.3) is 0 Å². The number of aromatic nitrogens is 2. The van der Waals surface area contributed by atoms with Gasteiger partial charge in [0.2, 0.25) is 5.91 Å². The first-order valence-electron chi connectivity index (χ1n) is 9.33. The Hall–Kier alpha value is -2.50. The van der Waals surface area contributed by atoms with E-state index in [4.69, 9.17) is 9.47 Å². The van der Waals surface area contributed by atoms with Gasteiger partial charge in [-0.25, -0.2) is 0 Å². The molecule has 6 nitrogen and oxygen atoms in total. The van der Waals surface area contributed by atoms with Crippen molar-refractivity contribution in [2.75, 3.05) is 19.8 Å². The smallest absolute Gasteiger partial charge is 0.227 e. The van der Waals surface area contributed by atoms with Gasteiger partial charge in [0.05, 0.1) is 31.4 Å². The van der Waals surface area contributed by atoms with Crippen LogP contribution in [0.1, 0.15) is 47.8 Å². The van der Waals surface area contributed by atoms with Crippen LogP contribution in [0.15, 0.2) is 18.2 Å². The van der Waals surface area contributed by atoms with Crippen molar-refractivity contribution in [1.82, 2.24) is 15.1 Å². The zero-order valence-corrected chi connectivity index (χ0v) is 15.4. The fourth-order valence-corrected chi connectivity index (χ4v) is 3.89. The first-order chi connectivity index (χ1) is 12.6. The van der Waals surface area contributed by atoms with Gasteiger partial charge >= 0.3 is 0 Å². The Kier molecular flexibility index (Phi) is 4.57. The van der Waals surface area contributed by atoms with E-state index in [2.05, 4.69) is 16.3 Å². The average molecular weight is 355 g/mol. The Morgan fingerprint density at radius 1 is 1.23 bits per heavy atom. The lowest BCUT2D eigenvalue weighted by Crippen LogP contribution is -2.32. The molecule has 1 amide bonds. The minimum atomic E-state index is 0.104. The van der Waals surface area contributed by atoms with Crippen LogP contribution in [0.5, 0.6) is 11.5 Å². The molecule has 2 aliphatic heterocycles. The molecule has 0 unspecified atom stereocenters. The summed E-state index contributed by atoms with van der Waals surface area (Å²) >= 11 is 0. The zero-order valence-electron chi connectivity index (χ0n) is 15.4. The number of fused-ring (bicyclic) bond motifs is 1. The van der Waals surface area contributed by atoms with Gasteiger partial charge in [0.1, 0.15) is 0 Å². The number of hydrogen-bond acceptors (Lipinski definition) is 4. The van der Waals surface area contributed by atoms with Gasteiger partial charge in [-0.15, -0.1) is 0 Å². The number of aryl methyl sites for hydroxylation is 2. The predicted octanol–water partition coefficient (Wildman–Crippen LogP) is 3.09. The highest BCUT2D eigenvalue weighted by Gasteiger charge is 2.31. The molecule has 0 spiro atoms. The van der Waals surface area contributed by atoms with Crippen molar-refractivity contribution in [1.29, 1.82) is 0 Å². The van der Waals surface area contributed by atoms with Crippen LogP contribution in [-0.2, 0) is 11.2 Å². The Bertz CT molecular complexity index is 795. The summed E-state index contributed by atoms with van der Waals surface area (Å²) in [5.41, 5.74) is 4.02. The maximum atomic E-state index is 13.0. The topological polar surface area (TPSA) is 67.5 Å². The number of benzene rings is 1. The molecule has 1 aromatic carbocycles. The molecular weight excluding hydrogens is 330 g/mol. The summed E-state index contributed by atoms with van der Waals surface area (Å²) in [4.78, 5) is 15.0. The lowest BCUT2D eigenvalue weighted by molar-refractivity contribution is -0.131. The molecule has 0 aliphatic carbocycles. The second-order valence-electron chi connectivity index (χ2n) is 7.09. The molecule has 6 heteroatoms. The van der Waals surface area contributed by atoms with Crippen molar-refractivity contribution >= 4 is 5.91 Å². The molecular formula is C20H25N3O3. The largest absolute Gasteiger partial charge is 0.490 e. The van der Waals surface area contributed by atoms with E-state index in [1.165, 1.54) is 0 Å². The average Bonchev–Trinajstić information content (AvgIpc) is 3.16. The van der Waals surface area contributed by atoms with Gasteiger partial charge in [-0.05, 0) is 44.4 Å². The minimum absolute atomic E-state index is 0.104. The van der Waals surface area contributed by atoms with Crippen molar-refractivity contribution < 1.29 is 14.3 Å². The van der Waals surface area contributed by atoms with Crippen LogP contribution in [0.25, 0.3) is 0 Å². The van der Waals surface area contributed by atoms with Crippen molar-refractivity contribution in [3.63, 3.8) is 0 Å². The van der Waals surface area contributed by atoms with Crippen molar-refractivity contribution in [2.45, 2.75) is 45.6 Å². The molecule has 1 N–H and O–H groups in total. The Morgan fingerprint density at radius 2 is 2.04 bits per heavy atom. The molecule has 4 rings (SSSR count). The van der Waals surface area contributed by atoms with Gasteiger partial charge in [0, 0.05) is 24.2 Å². The van der Waals surface area contributed by atoms with E-state index in [1.54, 1.807) is 0 Å². The van der Waals surface area contributed by atoms with Crippen LogP contribution in [0.2, 0.25) is 0 Å². The molecule has 1 aromatic heterocycles. The van der Waals surface area contributed by atoms with E-state index in [9.17, 15) is 4.79 Å². The molecule has 1 saturated heterocycles. The number of rotatable bonds is 3. The summed E-state index contributed by atoms with van der Waals surface area (Å²) in [6.07, 6.45) is 3.29. The van der Waals surface area contributed by atoms with Gasteiger partial charge in [0.15, 0.2) is 11.5 Å². The number of H-pyrrole nitrogens is 1. The maximum Gasteiger partial charge on any atom is 0.227 e. The number of aromatic amines is 1. The highest BCUT2D eigenvalue weighted by molar-refractivity contribution is 5.80. The highest BCUT2D eigenvalue weighted by atomic mass is 16.5. The Morgan fingerprint density at radius 3 is 2.81 bits per heavy atom. The molecule has 1 fully saturated rings. The summed E-state index contributed by atoms with van der Waals surface area (Å²) in [6.45, 7) is 6.06. The number of carbonyl (C=O) groups is 1. The van der Waals surface area contributed by atoms with Crippen LogP contribution in [0.3, 0.4) is 0 Å². The van der Waals surface area contributed by atoms with Crippen LogP contribution in [0.4, 0.5) is 0 Å². The number of ether oxygens (including phenoxy) is 2. The summed E-state index contributed by atoms with van der Waals surface area (Å²) < 4.78 is 11.5. The summed E-state index contributed by atoms with van der Waals surface area (Å²) in [6, 6.07) is 6.19. The monoisotopic (exact) mass is 355 g/mol.